The summed E-state index contributed by atoms with van der Waals surface area (Å²) in [5.74, 6) is 0.737. The van der Waals surface area contributed by atoms with E-state index in [0.29, 0.717) is 18.9 Å². The van der Waals surface area contributed by atoms with Gasteiger partial charge in [0.15, 0.2) is 0 Å². The lowest BCUT2D eigenvalue weighted by atomic mass is 9.91. The van der Waals surface area contributed by atoms with Gasteiger partial charge in [-0.15, -0.1) is 11.3 Å². The number of amides is 1. The van der Waals surface area contributed by atoms with Gasteiger partial charge in [0.25, 0.3) is 0 Å². The standard InChI is InChI=1S/C17H19N3O2S/c21-17(9-13-2-1-7-23-13)20-6-4-12-8-15(22-16(12)10-20)14-3-5-18-11-19-14/h1-3,5,7,11-12,15-16H,4,6,8-10H2/t12-,15+,16+/m1/s1. The zero-order valence-corrected chi connectivity index (χ0v) is 13.6. The first-order valence-electron chi connectivity index (χ1n) is 8.01. The molecule has 6 heteroatoms. The second kappa shape index (κ2) is 6.37. The Labute approximate surface area is 139 Å². The molecule has 3 atom stereocenters. The minimum absolute atomic E-state index is 0.0420. The van der Waals surface area contributed by atoms with E-state index in [1.807, 2.05) is 28.5 Å². The van der Waals surface area contributed by atoms with Crippen molar-refractivity contribution in [3.8, 4) is 0 Å². The maximum absolute atomic E-state index is 12.5. The number of carbonyl (C=O) groups is 1. The average molecular weight is 329 g/mol. The average Bonchev–Trinajstić information content (AvgIpc) is 3.24. The first-order valence-corrected chi connectivity index (χ1v) is 8.89. The Morgan fingerprint density at radius 2 is 2.39 bits per heavy atom. The van der Waals surface area contributed by atoms with Crippen LogP contribution in [0.2, 0.25) is 0 Å². The molecular formula is C17H19N3O2S. The molecule has 2 aromatic heterocycles. The predicted molar refractivity (Wildman–Crippen MR) is 87.0 cm³/mol. The van der Waals surface area contributed by atoms with Crippen LogP contribution in [0.4, 0.5) is 0 Å². The number of rotatable bonds is 3. The summed E-state index contributed by atoms with van der Waals surface area (Å²) in [6, 6.07) is 5.93. The topological polar surface area (TPSA) is 55.3 Å². The summed E-state index contributed by atoms with van der Waals surface area (Å²) in [7, 11) is 0. The summed E-state index contributed by atoms with van der Waals surface area (Å²) in [5.41, 5.74) is 0.950. The highest BCUT2D eigenvalue weighted by Gasteiger charge is 2.41. The molecule has 5 nitrogen and oxygen atoms in total. The Morgan fingerprint density at radius 1 is 1.43 bits per heavy atom. The van der Waals surface area contributed by atoms with Crippen molar-refractivity contribution >= 4 is 17.2 Å². The summed E-state index contributed by atoms with van der Waals surface area (Å²) in [5, 5.41) is 2.02. The molecule has 0 aromatic carbocycles. The van der Waals surface area contributed by atoms with E-state index < -0.39 is 0 Å². The Bertz CT molecular complexity index is 662. The molecule has 0 radical (unpaired) electrons. The second-order valence-corrected chi connectivity index (χ2v) is 7.21. The molecular weight excluding hydrogens is 310 g/mol. The van der Waals surface area contributed by atoms with Gasteiger partial charge in [0.05, 0.1) is 18.2 Å². The van der Waals surface area contributed by atoms with Crippen molar-refractivity contribution in [1.29, 1.82) is 0 Å². The Balaban J connectivity index is 1.38. The maximum Gasteiger partial charge on any atom is 0.227 e. The lowest BCUT2D eigenvalue weighted by molar-refractivity contribution is -0.134. The van der Waals surface area contributed by atoms with Gasteiger partial charge < -0.3 is 9.64 Å². The minimum atomic E-state index is 0.0420. The van der Waals surface area contributed by atoms with E-state index in [1.165, 1.54) is 0 Å². The van der Waals surface area contributed by atoms with Crippen molar-refractivity contribution < 1.29 is 9.53 Å². The Hall–Kier alpha value is -1.79. The zero-order chi connectivity index (χ0) is 15.6. The third kappa shape index (κ3) is 3.14. The summed E-state index contributed by atoms with van der Waals surface area (Å²) in [4.78, 5) is 23.8. The number of hydrogen-bond acceptors (Lipinski definition) is 5. The SMILES string of the molecule is O=C(Cc1cccs1)N1CC[C@@H]2C[C@@H](c3ccncn3)O[C@H]2C1. The molecule has 0 unspecified atom stereocenters. The van der Waals surface area contributed by atoms with Crippen LogP contribution >= 0.6 is 11.3 Å². The molecule has 0 saturated carbocycles. The van der Waals surface area contributed by atoms with Gasteiger partial charge in [-0.1, -0.05) is 6.07 Å². The molecule has 0 N–H and O–H groups in total. The minimum Gasteiger partial charge on any atom is -0.367 e. The van der Waals surface area contributed by atoms with E-state index >= 15 is 0 Å². The summed E-state index contributed by atoms with van der Waals surface area (Å²) >= 11 is 1.64. The highest BCUT2D eigenvalue weighted by molar-refractivity contribution is 7.10. The number of nitrogens with zero attached hydrogens (tertiary/aromatic N) is 3. The van der Waals surface area contributed by atoms with Crippen molar-refractivity contribution in [2.45, 2.75) is 31.5 Å². The van der Waals surface area contributed by atoms with Gasteiger partial charge in [0.2, 0.25) is 5.91 Å². The van der Waals surface area contributed by atoms with Crippen molar-refractivity contribution in [2.75, 3.05) is 13.1 Å². The van der Waals surface area contributed by atoms with E-state index in [9.17, 15) is 4.79 Å². The summed E-state index contributed by atoms with van der Waals surface area (Å²) in [6.07, 6.45) is 6.01. The molecule has 0 bridgehead atoms. The van der Waals surface area contributed by atoms with Gasteiger partial charge in [-0.3, -0.25) is 4.79 Å². The zero-order valence-electron chi connectivity index (χ0n) is 12.8. The monoisotopic (exact) mass is 329 g/mol. The number of thiophene rings is 1. The number of likely N-dealkylation sites (tertiary alicyclic amines) is 1. The first kappa shape index (κ1) is 14.8. The van der Waals surface area contributed by atoms with E-state index in [-0.39, 0.29) is 18.1 Å². The third-order valence-electron chi connectivity index (χ3n) is 4.74. The lowest BCUT2D eigenvalue weighted by Crippen LogP contribution is -2.45. The van der Waals surface area contributed by atoms with Crippen molar-refractivity contribution in [1.82, 2.24) is 14.9 Å². The smallest absolute Gasteiger partial charge is 0.227 e. The Morgan fingerprint density at radius 3 is 3.17 bits per heavy atom. The quantitative estimate of drug-likeness (QED) is 0.868. The third-order valence-corrected chi connectivity index (χ3v) is 5.62. The molecule has 1 amide bonds. The summed E-state index contributed by atoms with van der Waals surface area (Å²) < 4.78 is 6.19. The van der Waals surface area contributed by atoms with Crippen molar-refractivity contribution in [2.24, 2.45) is 5.92 Å². The van der Waals surface area contributed by atoms with Gasteiger partial charge in [-0.05, 0) is 36.3 Å². The molecule has 4 heterocycles. The molecule has 2 fully saturated rings. The second-order valence-electron chi connectivity index (χ2n) is 6.18. The highest BCUT2D eigenvalue weighted by Crippen LogP contribution is 2.40. The van der Waals surface area contributed by atoms with Gasteiger partial charge in [0, 0.05) is 24.2 Å². The first-order chi connectivity index (χ1) is 11.3. The molecule has 120 valence electrons. The Kier molecular flexibility index (Phi) is 4.10. The number of ether oxygens (including phenoxy) is 1. The van der Waals surface area contributed by atoms with E-state index in [1.54, 1.807) is 23.9 Å². The van der Waals surface area contributed by atoms with Gasteiger partial charge >= 0.3 is 0 Å². The van der Waals surface area contributed by atoms with Gasteiger partial charge in [-0.2, -0.15) is 0 Å². The largest absolute Gasteiger partial charge is 0.367 e. The number of fused-ring (bicyclic) bond motifs is 1. The van der Waals surface area contributed by atoms with Crippen LogP contribution in [0.1, 0.15) is 29.5 Å². The van der Waals surface area contributed by atoms with Crippen molar-refractivity contribution in [3.63, 3.8) is 0 Å². The highest BCUT2D eigenvalue weighted by atomic mass is 32.1. The van der Waals surface area contributed by atoms with Gasteiger partial charge in [0.1, 0.15) is 12.4 Å². The fourth-order valence-electron chi connectivity index (χ4n) is 3.51. The van der Waals surface area contributed by atoms with Crippen LogP contribution in [-0.2, 0) is 16.0 Å². The van der Waals surface area contributed by atoms with E-state index in [4.69, 9.17) is 4.74 Å². The number of aromatic nitrogens is 2. The van der Waals surface area contributed by atoms with Crippen molar-refractivity contribution in [3.05, 3.63) is 46.7 Å². The predicted octanol–water partition coefficient (Wildman–Crippen LogP) is 2.46. The van der Waals surface area contributed by atoms with Gasteiger partial charge in [-0.25, -0.2) is 9.97 Å². The summed E-state index contributed by atoms with van der Waals surface area (Å²) in [6.45, 7) is 1.54. The molecule has 2 aliphatic heterocycles. The van der Waals surface area contributed by atoms with Crippen LogP contribution in [0.3, 0.4) is 0 Å². The van der Waals surface area contributed by atoms with Crippen LogP contribution < -0.4 is 0 Å². The van der Waals surface area contributed by atoms with Crippen LogP contribution in [0.5, 0.6) is 0 Å². The molecule has 0 aliphatic carbocycles. The fourth-order valence-corrected chi connectivity index (χ4v) is 4.21. The number of hydrogen-bond donors (Lipinski definition) is 0. The molecule has 23 heavy (non-hydrogen) atoms. The van der Waals surface area contributed by atoms with Crippen LogP contribution in [0, 0.1) is 5.92 Å². The molecule has 2 saturated heterocycles. The van der Waals surface area contributed by atoms with Crippen LogP contribution in [0.15, 0.2) is 36.1 Å². The number of piperidine rings is 1. The molecule has 0 spiro atoms. The lowest BCUT2D eigenvalue weighted by Gasteiger charge is -2.34. The van der Waals surface area contributed by atoms with E-state index in [0.717, 1.165) is 30.0 Å². The molecule has 2 aliphatic rings. The normalized spacial score (nSPS) is 27.0. The maximum atomic E-state index is 12.5. The van der Waals surface area contributed by atoms with E-state index in [2.05, 4.69) is 9.97 Å². The molecule has 4 rings (SSSR count). The molecule has 2 aromatic rings. The van der Waals surface area contributed by atoms with Crippen LogP contribution in [-0.4, -0.2) is 40.0 Å². The number of carbonyl (C=O) groups excluding carboxylic acids is 1. The fraction of sp³-hybridized carbons (Fsp3) is 0.471. The van der Waals surface area contributed by atoms with Crippen LogP contribution in [0.25, 0.3) is 0 Å².